The topological polar surface area (TPSA) is 84.7 Å². The summed E-state index contributed by atoms with van der Waals surface area (Å²) in [7, 11) is 0. The van der Waals surface area contributed by atoms with Crippen molar-refractivity contribution in [3.05, 3.63) is 24.3 Å². The summed E-state index contributed by atoms with van der Waals surface area (Å²) < 4.78 is 5.44. The fourth-order valence-electron chi connectivity index (χ4n) is 2.91. The van der Waals surface area contributed by atoms with Crippen molar-refractivity contribution in [1.82, 2.24) is 0 Å². The lowest BCUT2D eigenvalue weighted by atomic mass is 9.96. The Bertz CT molecular complexity index is 581. The van der Waals surface area contributed by atoms with Crippen LogP contribution < -0.4 is 16.0 Å². The van der Waals surface area contributed by atoms with Crippen LogP contribution in [0, 0.1) is 11.8 Å². The summed E-state index contributed by atoms with van der Waals surface area (Å²) in [6, 6.07) is 7.80. The zero-order chi connectivity index (χ0) is 18.2. The first-order valence-electron chi connectivity index (χ1n) is 8.97. The van der Waals surface area contributed by atoms with Crippen molar-refractivity contribution in [1.29, 1.82) is 0 Å². The predicted molar refractivity (Wildman–Crippen MR) is 99.5 cm³/mol. The molecule has 0 aliphatic carbocycles. The number of amides is 2. The molecule has 0 radical (unpaired) electrons. The molecule has 0 spiro atoms. The molecule has 1 heterocycles. The highest BCUT2D eigenvalue weighted by Crippen LogP contribution is 2.25. The third-order valence-electron chi connectivity index (χ3n) is 4.32. The predicted octanol–water partition coefficient (Wildman–Crippen LogP) is 2.39. The minimum atomic E-state index is -0.208. The van der Waals surface area contributed by atoms with Gasteiger partial charge in [0.05, 0.1) is 13.0 Å². The van der Waals surface area contributed by atoms with Crippen LogP contribution in [0.25, 0.3) is 0 Å². The van der Waals surface area contributed by atoms with Crippen molar-refractivity contribution in [2.75, 3.05) is 36.5 Å². The molecule has 1 aliphatic heterocycles. The molecule has 1 saturated heterocycles. The van der Waals surface area contributed by atoms with E-state index in [0.29, 0.717) is 25.6 Å². The molecule has 0 bridgehead atoms. The number of carbonyl (C=O) groups excluding carboxylic acids is 2. The van der Waals surface area contributed by atoms with E-state index in [0.717, 1.165) is 37.3 Å². The van der Waals surface area contributed by atoms with Crippen molar-refractivity contribution in [2.45, 2.75) is 33.1 Å². The lowest BCUT2D eigenvalue weighted by Crippen LogP contribution is -2.38. The number of primary amides is 1. The van der Waals surface area contributed by atoms with Gasteiger partial charge in [0.15, 0.2) is 0 Å². The van der Waals surface area contributed by atoms with Gasteiger partial charge < -0.3 is 20.7 Å². The number of benzene rings is 1. The van der Waals surface area contributed by atoms with Gasteiger partial charge in [-0.05, 0) is 37.0 Å². The average Bonchev–Trinajstić information content (AvgIpc) is 2.59. The number of nitrogens with one attached hydrogen (secondary N) is 1. The number of piperidine rings is 1. The Hall–Kier alpha value is -2.08. The summed E-state index contributed by atoms with van der Waals surface area (Å²) in [4.78, 5) is 25.5. The van der Waals surface area contributed by atoms with E-state index >= 15 is 0 Å². The minimum Gasteiger partial charge on any atom is -0.381 e. The van der Waals surface area contributed by atoms with E-state index in [-0.39, 0.29) is 17.7 Å². The van der Waals surface area contributed by atoms with Crippen LogP contribution in [-0.2, 0) is 14.3 Å². The molecule has 1 fully saturated rings. The SMILES string of the molecule is CC(C)COCCC(=O)Nc1cccc(N2CCC(C(N)=O)CC2)c1. The van der Waals surface area contributed by atoms with Crippen LogP contribution in [-0.4, -0.2) is 38.1 Å². The standard InChI is InChI=1S/C19H29N3O3/c1-14(2)13-25-11-8-18(23)21-16-4-3-5-17(12-16)22-9-6-15(7-10-22)19(20)24/h3-5,12,14-15H,6-11,13H2,1-2H3,(H2,20,24)(H,21,23). The van der Waals surface area contributed by atoms with Gasteiger partial charge in [0.1, 0.15) is 0 Å². The van der Waals surface area contributed by atoms with Gasteiger partial charge in [-0.1, -0.05) is 19.9 Å². The Morgan fingerprint density at radius 3 is 2.68 bits per heavy atom. The molecule has 0 saturated carbocycles. The maximum absolute atomic E-state index is 12.0. The number of nitrogens with two attached hydrogens (primary N) is 1. The molecule has 2 amide bonds. The minimum absolute atomic E-state index is 0.0232. The van der Waals surface area contributed by atoms with Crippen LogP contribution >= 0.6 is 0 Å². The molecule has 1 aliphatic rings. The molecule has 2 rings (SSSR count). The molecule has 1 aromatic carbocycles. The fraction of sp³-hybridized carbons (Fsp3) is 0.579. The number of hydrogen-bond acceptors (Lipinski definition) is 4. The van der Waals surface area contributed by atoms with Gasteiger partial charge in [-0.2, -0.15) is 0 Å². The van der Waals surface area contributed by atoms with E-state index < -0.39 is 0 Å². The van der Waals surface area contributed by atoms with Gasteiger partial charge >= 0.3 is 0 Å². The number of nitrogens with zero attached hydrogens (tertiary/aromatic N) is 1. The second kappa shape index (κ2) is 9.42. The molecule has 0 atom stereocenters. The normalized spacial score (nSPS) is 15.4. The Morgan fingerprint density at radius 1 is 1.32 bits per heavy atom. The quantitative estimate of drug-likeness (QED) is 0.707. The van der Waals surface area contributed by atoms with E-state index in [4.69, 9.17) is 10.5 Å². The monoisotopic (exact) mass is 347 g/mol. The number of hydrogen-bond donors (Lipinski definition) is 2. The maximum atomic E-state index is 12.0. The Labute approximate surface area is 149 Å². The van der Waals surface area contributed by atoms with Crippen molar-refractivity contribution in [3.8, 4) is 0 Å². The summed E-state index contributed by atoms with van der Waals surface area (Å²) in [5.74, 6) is 0.192. The first-order chi connectivity index (χ1) is 12.0. The number of rotatable bonds is 8. The summed E-state index contributed by atoms with van der Waals surface area (Å²) in [5.41, 5.74) is 7.21. The maximum Gasteiger partial charge on any atom is 0.226 e. The van der Waals surface area contributed by atoms with Crippen molar-refractivity contribution in [3.63, 3.8) is 0 Å². The summed E-state index contributed by atoms with van der Waals surface area (Å²) in [6.45, 7) is 6.87. The van der Waals surface area contributed by atoms with Crippen LogP contribution in [0.4, 0.5) is 11.4 Å². The molecule has 0 aromatic heterocycles. The zero-order valence-electron chi connectivity index (χ0n) is 15.2. The number of carbonyl (C=O) groups is 2. The van der Waals surface area contributed by atoms with Crippen LogP contribution in [0.3, 0.4) is 0 Å². The molecule has 3 N–H and O–H groups in total. The summed E-state index contributed by atoms with van der Waals surface area (Å²) in [5, 5.41) is 2.92. The third-order valence-corrected chi connectivity index (χ3v) is 4.32. The smallest absolute Gasteiger partial charge is 0.226 e. The number of anilines is 2. The van der Waals surface area contributed by atoms with Gasteiger partial charge in [-0.3, -0.25) is 9.59 Å². The molecule has 6 heteroatoms. The van der Waals surface area contributed by atoms with Gasteiger partial charge in [-0.15, -0.1) is 0 Å². The summed E-state index contributed by atoms with van der Waals surface area (Å²) in [6.07, 6.45) is 1.90. The van der Waals surface area contributed by atoms with E-state index in [1.807, 2.05) is 24.3 Å². The second-order valence-electron chi connectivity index (χ2n) is 6.98. The van der Waals surface area contributed by atoms with Crippen LogP contribution in [0.5, 0.6) is 0 Å². The Balaban J connectivity index is 1.82. The van der Waals surface area contributed by atoms with Crippen molar-refractivity contribution >= 4 is 23.2 Å². The van der Waals surface area contributed by atoms with E-state index in [2.05, 4.69) is 24.1 Å². The van der Waals surface area contributed by atoms with Gasteiger partial charge in [0, 0.05) is 37.0 Å². The fourth-order valence-corrected chi connectivity index (χ4v) is 2.91. The second-order valence-corrected chi connectivity index (χ2v) is 6.98. The van der Waals surface area contributed by atoms with E-state index in [1.54, 1.807) is 0 Å². The first kappa shape index (κ1) is 19.2. The van der Waals surface area contributed by atoms with Crippen LogP contribution in [0.1, 0.15) is 33.1 Å². The lowest BCUT2D eigenvalue weighted by Gasteiger charge is -2.32. The highest BCUT2D eigenvalue weighted by Gasteiger charge is 2.23. The Morgan fingerprint density at radius 2 is 2.04 bits per heavy atom. The van der Waals surface area contributed by atoms with E-state index in [9.17, 15) is 9.59 Å². The highest BCUT2D eigenvalue weighted by atomic mass is 16.5. The summed E-state index contributed by atoms with van der Waals surface area (Å²) >= 11 is 0. The molecular formula is C19H29N3O3. The largest absolute Gasteiger partial charge is 0.381 e. The molecule has 6 nitrogen and oxygen atoms in total. The highest BCUT2D eigenvalue weighted by molar-refractivity contribution is 5.91. The van der Waals surface area contributed by atoms with E-state index in [1.165, 1.54) is 0 Å². The average molecular weight is 347 g/mol. The lowest BCUT2D eigenvalue weighted by molar-refractivity contribution is -0.122. The van der Waals surface area contributed by atoms with Crippen LogP contribution in [0.2, 0.25) is 0 Å². The van der Waals surface area contributed by atoms with Crippen molar-refractivity contribution in [2.24, 2.45) is 17.6 Å². The molecule has 0 unspecified atom stereocenters. The van der Waals surface area contributed by atoms with Gasteiger partial charge in [0.25, 0.3) is 0 Å². The first-order valence-corrected chi connectivity index (χ1v) is 8.97. The number of ether oxygens (including phenoxy) is 1. The Kier molecular flexibility index (Phi) is 7.25. The van der Waals surface area contributed by atoms with Gasteiger partial charge in [0.2, 0.25) is 11.8 Å². The molecule has 138 valence electrons. The third kappa shape index (κ3) is 6.38. The van der Waals surface area contributed by atoms with Crippen LogP contribution in [0.15, 0.2) is 24.3 Å². The van der Waals surface area contributed by atoms with Crippen molar-refractivity contribution < 1.29 is 14.3 Å². The molecule has 1 aromatic rings. The molecule has 25 heavy (non-hydrogen) atoms. The zero-order valence-corrected chi connectivity index (χ0v) is 15.2. The molecular weight excluding hydrogens is 318 g/mol. The van der Waals surface area contributed by atoms with Gasteiger partial charge in [-0.25, -0.2) is 0 Å².